The molecule has 3 aromatic rings. The van der Waals surface area contributed by atoms with E-state index in [4.69, 9.17) is 10.5 Å². The van der Waals surface area contributed by atoms with Crippen molar-refractivity contribution >= 4 is 40.3 Å². The number of primary amides is 1. The Morgan fingerprint density at radius 2 is 1.67 bits per heavy atom. The molecule has 0 radical (unpaired) electrons. The molecule has 0 aromatic heterocycles. The molecule has 10 heteroatoms. The number of phenolic OH excluding ortho intramolecular Hbond substituents is 1. The van der Waals surface area contributed by atoms with Crippen molar-refractivity contribution in [3.05, 3.63) is 72.3 Å². The Morgan fingerprint density at radius 3 is 2.31 bits per heavy atom. The van der Waals surface area contributed by atoms with Crippen LogP contribution in [0.1, 0.15) is 45.2 Å². The Labute approximate surface area is 227 Å². The molecule has 0 aliphatic carbocycles. The summed E-state index contributed by atoms with van der Waals surface area (Å²) in [5.41, 5.74) is 5.33. The Kier molecular flexibility index (Phi) is 9.13. The number of nitrogens with zero attached hydrogens (tertiary/aromatic N) is 1. The molecule has 39 heavy (non-hydrogen) atoms. The first-order valence-electron chi connectivity index (χ1n) is 12.5. The van der Waals surface area contributed by atoms with Crippen LogP contribution in [0.25, 0.3) is 10.8 Å². The van der Waals surface area contributed by atoms with Crippen molar-refractivity contribution in [1.29, 1.82) is 0 Å². The minimum Gasteiger partial charge on any atom is -0.508 e. The maximum atomic E-state index is 13.6. The van der Waals surface area contributed by atoms with E-state index in [0.29, 0.717) is 11.3 Å². The van der Waals surface area contributed by atoms with Gasteiger partial charge in [0.25, 0.3) is 5.91 Å². The van der Waals surface area contributed by atoms with Crippen molar-refractivity contribution in [2.75, 3.05) is 12.4 Å². The Balaban J connectivity index is 1.92. The van der Waals surface area contributed by atoms with Crippen LogP contribution in [0.3, 0.4) is 0 Å². The predicted molar refractivity (Wildman–Crippen MR) is 148 cm³/mol. The maximum Gasteiger partial charge on any atom is 0.408 e. The molecular formula is C29H34N4O6. The number of fused-ring (bicyclic) bond motifs is 1. The highest BCUT2D eigenvalue weighted by Gasteiger charge is 2.34. The highest BCUT2D eigenvalue weighted by molar-refractivity contribution is 6.00. The number of ether oxygens (including phenoxy) is 1. The third-order valence-corrected chi connectivity index (χ3v) is 5.85. The van der Waals surface area contributed by atoms with E-state index in [9.17, 15) is 24.3 Å². The van der Waals surface area contributed by atoms with E-state index in [1.165, 1.54) is 19.2 Å². The summed E-state index contributed by atoms with van der Waals surface area (Å²) < 4.78 is 5.28. The van der Waals surface area contributed by atoms with Crippen LogP contribution in [0.2, 0.25) is 0 Å². The van der Waals surface area contributed by atoms with Gasteiger partial charge in [0.15, 0.2) is 0 Å². The average Bonchev–Trinajstić information content (AvgIpc) is 2.85. The Hall–Kier alpha value is -4.60. The second-order valence-electron chi connectivity index (χ2n) is 10.2. The zero-order valence-electron chi connectivity index (χ0n) is 22.4. The van der Waals surface area contributed by atoms with E-state index in [1.54, 1.807) is 39.0 Å². The van der Waals surface area contributed by atoms with E-state index in [0.717, 1.165) is 15.7 Å². The minimum absolute atomic E-state index is 0.0889. The third kappa shape index (κ3) is 8.19. The number of aromatic hydroxyl groups is 1. The number of anilines is 1. The van der Waals surface area contributed by atoms with Gasteiger partial charge in [-0.3, -0.25) is 14.4 Å². The first kappa shape index (κ1) is 29.0. The Morgan fingerprint density at radius 1 is 0.974 bits per heavy atom. The van der Waals surface area contributed by atoms with E-state index >= 15 is 0 Å². The summed E-state index contributed by atoms with van der Waals surface area (Å²) in [5.74, 6) is -1.93. The second-order valence-corrected chi connectivity index (χ2v) is 10.2. The normalized spacial score (nSPS) is 12.7. The van der Waals surface area contributed by atoms with Crippen LogP contribution in [0, 0.1) is 0 Å². The smallest absolute Gasteiger partial charge is 0.408 e. The quantitative estimate of drug-likeness (QED) is 0.327. The van der Waals surface area contributed by atoms with Crippen molar-refractivity contribution in [2.24, 2.45) is 5.73 Å². The first-order chi connectivity index (χ1) is 18.3. The lowest BCUT2D eigenvalue weighted by Gasteiger charge is -2.31. The Bertz CT molecular complexity index is 1370. The lowest BCUT2D eigenvalue weighted by molar-refractivity contribution is -0.139. The highest BCUT2D eigenvalue weighted by atomic mass is 16.6. The number of benzene rings is 3. The highest BCUT2D eigenvalue weighted by Crippen LogP contribution is 2.27. The average molecular weight is 535 g/mol. The molecule has 0 heterocycles. The van der Waals surface area contributed by atoms with Gasteiger partial charge in [-0.25, -0.2) is 4.79 Å². The number of nitrogens with two attached hydrogens (primary N) is 1. The van der Waals surface area contributed by atoms with Crippen LogP contribution in [0.15, 0.2) is 66.7 Å². The number of likely N-dealkylation sites (N-methyl/N-ethyl adjacent to an activating group) is 1. The summed E-state index contributed by atoms with van der Waals surface area (Å²) in [6, 6.07) is 16.7. The van der Waals surface area contributed by atoms with Gasteiger partial charge in [-0.2, -0.15) is 0 Å². The van der Waals surface area contributed by atoms with Crippen LogP contribution in [0.5, 0.6) is 5.75 Å². The van der Waals surface area contributed by atoms with Gasteiger partial charge in [0.1, 0.15) is 23.4 Å². The molecule has 0 saturated heterocycles. The standard InChI is InChI=1S/C29H34N4O6/c1-29(2,3)39-28(38)32-23(14-15-24(30)35)27(37)33(4)25(20-10-7-11-22(34)17-20)26(36)31-21-13-12-18-8-5-6-9-19(18)16-21/h5-13,16-17,23,25,34H,14-15H2,1-4H3,(H2,30,35)(H,31,36)(H,32,38). The molecular weight excluding hydrogens is 500 g/mol. The summed E-state index contributed by atoms with van der Waals surface area (Å²) in [6.07, 6.45) is -1.13. The van der Waals surface area contributed by atoms with Gasteiger partial charge in [0, 0.05) is 19.2 Å². The molecule has 0 aliphatic heterocycles. The summed E-state index contributed by atoms with van der Waals surface area (Å²) >= 11 is 0. The fraction of sp³-hybridized carbons (Fsp3) is 0.310. The SMILES string of the molecule is CN(C(=O)C(CCC(N)=O)NC(=O)OC(C)(C)C)C(C(=O)Nc1ccc2ccccc2c1)c1cccc(O)c1. The molecule has 3 aromatic carbocycles. The molecule has 2 atom stereocenters. The number of hydrogen-bond donors (Lipinski definition) is 4. The monoisotopic (exact) mass is 534 g/mol. The molecule has 10 nitrogen and oxygen atoms in total. The molecule has 5 N–H and O–H groups in total. The molecule has 0 bridgehead atoms. The summed E-state index contributed by atoms with van der Waals surface area (Å²) in [6.45, 7) is 5.02. The number of alkyl carbamates (subject to hydrolysis) is 1. The molecule has 2 unspecified atom stereocenters. The van der Waals surface area contributed by atoms with Crippen molar-refractivity contribution < 1.29 is 29.0 Å². The fourth-order valence-corrected chi connectivity index (χ4v) is 4.09. The van der Waals surface area contributed by atoms with Gasteiger partial charge >= 0.3 is 6.09 Å². The summed E-state index contributed by atoms with van der Waals surface area (Å²) in [4.78, 5) is 52.4. The van der Waals surface area contributed by atoms with Crippen LogP contribution >= 0.6 is 0 Å². The molecule has 0 fully saturated rings. The molecule has 4 amide bonds. The van der Waals surface area contributed by atoms with Crippen molar-refractivity contribution in [3.63, 3.8) is 0 Å². The molecule has 0 aliphatic rings. The van der Waals surface area contributed by atoms with E-state index in [-0.39, 0.29) is 18.6 Å². The van der Waals surface area contributed by atoms with E-state index in [1.807, 2.05) is 36.4 Å². The van der Waals surface area contributed by atoms with Gasteiger partial charge in [0.05, 0.1) is 0 Å². The molecule has 0 saturated carbocycles. The molecule has 206 valence electrons. The first-order valence-corrected chi connectivity index (χ1v) is 12.5. The summed E-state index contributed by atoms with van der Waals surface area (Å²) in [7, 11) is 1.41. The van der Waals surface area contributed by atoms with Gasteiger partial charge in [-0.15, -0.1) is 0 Å². The van der Waals surface area contributed by atoms with Gasteiger partial charge < -0.3 is 31.1 Å². The van der Waals surface area contributed by atoms with Gasteiger partial charge in [-0.05, 0) is 67.8 Å². The number of rotatable bonds is 9. The zero-order chi connectivity index (χ0) is 28.7. The number of hydrogen-bond acceptors (Lipinski definition) is 6. The number of carbonyl (C=O) groups is 4. The van der Waals surface area contributed by atoms with Crippen molar-refractivity contribution in [1.82, 2.24) is 10.2 Å². The van der Waals surface area contributed by atoms with Crippen molar-refractivity contribution in [2.45, 2.75) is 51.3 Å². The number of amides is 4. The largest absolute Gasteiger partial charge is 0.508 e. The summed E-state index contributed by atoms with van der Waals surface area (Å²) in [5, 5.41) is 17.4. The van der Waals surface area contributed by atoms with Crippen LogP contribution < -0.4 is 16.4 Å². The fourth-order valence-electron chi connectivity index (χ4n) is 4.09. The lowest BCUT2D eigenvalue weighted by atomic mass is 10.0. The van der Waals surface area contributed by atoms with Crippen LogP contribution in [-0.2, 0) is 19.1 Å². The molecule has 0 spiro atoms. The number of phenols is 1. The molecule has 3 rings (SSSR count). The van der Waals surface area contributed by atoms with Gasteiger partial charge in [0.2, 0.25) is 11.8 Å². The topological polar surface area (TPSA) is 151 Å². The lowest BCUT2D eigenvalue weighted by Crippen LogP contribution is -2.51. The second kappa shape index (κ2) is 12.3. The van der Waals surface area contributed by atoms with Crippen LogP contribution in [0.4, 0.5) is 10.5 Å². The van der Waals surface area contributed by atoms with Gasteiger partial charge in [-0.1, -0.05) is 42.5 Å². The van der Waals surface area contributed by atoms with Crippen molar-refractivity contribution in [3.8, 4) is 5.75 Å². The van der Waals surface area contributed by atoms with Crippen LogP contribution in [-0.4, -0.2) is 52.5 Å². The maximum absolute atomic E-state index is 13.6. The number of nitrogens with one attached hydrogen (secondary N) is 2. The number of carbonyl (C=O) groups excluding carboxylic acids is 4. The van der Waals surface area contributed by atoms with E-state index in [2.05, 4.69) is 10.6 Å². The van der Waals surface area contributed by atoms with E-state index < -0.39 is 41.5 Å². The minimum atomic E-state index is -1.20. The zero-order valence-corrected chi connectivity index (χ0v) is 22.4. The third-order valence-electron chi connectivity index (χ3n) is 5.85. The predicted octanol–water partition coefficient (Wildman–Crippen LogP) is 3.84.